The van der Waals surface area contributed by atoms with Gasteiger partial charge in [-0.05, 0) is 79.7 Å². The largest absolute Gasteiger partial charge is 0.497 e. The van der Waals surface area contributed by atoms with E-state index < -0.39 is 36.0 Å². The molecule has 45 heavy (non-hydrogen) atoms. The molecule has 230 valence electrons. The van der Waals surface area contributed by atoms with E-state index in [9.17, 15) is 24.3 Å². The Bertz CT molecular complexity index is 1700. The highest BCUT2D eigenvalue weighted by atomic mass is 16.6. The Morgan fingerprint density at radius 3 is 1.60 bits per heavy atom. The fourth-order valence-electron chi connectivity index (χ4n) is 3.91. The molecule has 4 aromatic rings. The van der Waals surface area contributed by atoms with Gasteiger partial charge in [0.1, 0.15) is 11.5 Å². The Balaban J connectivity index is 1.57. The molecule has 0 fully saturated rings. The van der Waals surface area contributed by atoms with Crippen molar-refractivity contribution in [1.82, 2.24) is 0 Å². The number of aliphatic carboxylic acids is 1. The summed E-state index contributed by atoms with van der Waals surface area (Å²) in [5.74, 6) is -4.28. The van der Waals surface area contributed by atoms with Gasteiger partial charge < -0.3 is 29.4 Å². The smallest absolute Gasteiger partial charge is 0.349 e. The van der Waals surface area contributed by atoms with E-state index in [-0.39, 0.29) is 16.8 Å². The minimum Gasteiger partial charge on any atom is -0.497 e. The lowest BCUT2D eigenvalue weighted by Gasteiger charge is -2.23. The molecule has 2 atom stereocenters. The zero-order valence-corrected chi connectivity index (χ0v) is 24.5. The predicted octanol–water partition coefficient (Wildman–Crippen LogP) is 5.90. The number of rotatable bonds is 12. The number of carbonyl (C=O) groups excluding carboxylic acids is 3. The molecule has 0 heterocycles. The van der Waals surface area contributed by atoms with Crippen molar-refractivity contribution in [3.05, 3.63) is 114 Å². The van der Waals surface area contributed by atoms with Gasteiger partial charge in [-0.25, -0.2) is 14.4 Å². The van der Waals surface area contributed by atoms with E-state index in [1.165, 1.54) is 62.8 Å². The average Bonchev–Trinajstić information content (AvgIpc) is 3.06. The van der Waals surface area contributed by atoms with E-state index in [0.29, 0.717) is 22.9 Å². The van der Waals surface area contributed by atoms with Crippen LogP contribution in [0.5, 0.6) is 11.5 Å². The SMILES string of the molecule is COc1cccc(C(=O)O[C@H](C(=O)O)[C@@H](OC(=O)c2cccc(OC)c2)C(=O)Nc2ccc(N=Nc3ccc(C)cc3)cc2)c1. The first kappa shape index (κ1) is 31.9. The van der Waals surface area contributed by atoms with E-state index in [1.54, 1.807) is 24.3 Å². The topological polar surface area (TPSA) is 162 Å². The zero-order chi connectivity index (χ0) is 32.3. The summed E-state index contributed by atoms with van der Waals surface area (Å²) in [6, 6.07) is 25.2. The number of nitrogens with zero attached hydrogens (tertiary/aromatic N) is 2. The van der Waals surface area contributed by atoms with Crippen LogP contribution in [0.3, 0.4) is 0 Å². The van der Waals surface area contributed by atoms with Crippen LogP contribution in [-0.4, -0.2) is 55.3 Å². The van der Waals surface area contributed by atoms with Gasteiger partial charge in [0, 0.05) is 5.69 Å². The molecule has 12 nitrogen and oxygen atoms in total. The number of carboxylic acid groups (broad SMARTS) is 1. The standard InChI is InChI=1S/C33H29N3O9/c1-20-10-12-24(13-11-20)35-36-25-16-14-23(15-17-25)34-30(37)28(44-32(40)21-6-4-8-26(18-21)42-2)29(31(38)39)45-33(41)22-7-5-9-27(19-22)43-3/h4-19,28-29H,1-3H3,(H,34,37)(H,38,39)/t28-,29+/m1/s1. The Morgan fingerprint density at radius 1 is 0.667 bits per heavy atom. The van der Waals surface area contributed by atoms with Gasteiger partial charge >= 0.3 is 17.9 Å². The summed E-state index contributed by atoms with van der Waals surface area (Å²) < 4.78 is 20.8. The van der Waals surface area contributed by atoms with E-state index in [0.717, 1.165) is 5.56 Å². The normalized spacial score (nSPS) is 12.1. The average molecular weight is 612 g/mol. The lowest BCUT2D eigenvalue weighted by molar-refractivity contribution is -0.157. The molecular weight excluding hydrogens is 582 g/mol. The van der Waals surface area contributed by atoms with E-state index >= 15 is 0 Å². The second-order valence-corrected chi connectivity index (χ2v) is 9.53. The maximum Gasteiger partial charge on any atom is 0.349 e. The predicted molar refractivity (Wildman–Crippen MR) is 162 cm³/mol. The van der Waals surface area contributed by atoms with Crippen LogP contribution in [0.4, 0.5) is 17.1 Å². The maximum absolute atomic E-state index is 13.5. The van der Waals surface area contributed by atoms with Crippen molar-refractivity contribution in [2.45, 2.75) is 19.1 Å². The first-order valence-corrected chi connectivity index (χ1v) is 13.5. The molecule has 0 aliphatic carbocycles. The number of carboxylic acids is 1. The number of carbonyl (C=O) groups is 4. The lowest BCUT2D eigenvalue weighted by Crippen LogP contribution is -2.48. The molecule has 0 aliphatic rings. The third-order valence-corrected chi connectivity index (χ3v) is 6.31. The summed E-state index contributed by atoms with van der Waals surface area (Å²) >= 11 is 0. The third kappa shape index (κ3) is 8.74. The number of azo groups is 1. The van der Waals surface area contributed by atoms with Crippen LogP contribution in [-0.2, 0) is 19.1 Å². The number of anilines is 1. The second kappa shape index (κ2) is 14.9. The van der Waals surface area contributed by atoms with Gasteiger partial charge in [0.15, 0.2) is 0 Å². The minimum atomic E-state index is -2.22. The van der Waals surface area contributed by atoms with Crippen LogP contribution < -0.4 is 14.8 Å². The number of amides is 1. The van der Waals surface area contributed by atoms with Crippen molar-refractivity contribution < 1.29 is 43.2 Å². The number of benzene rings is 4. The highest BCUT2D eigenvalue weighted by Crippen LogP contribution is 2.23. The van der Waals surface area contributed by atoms with E-state index in [4.69, 9.17) is 18.9 Å². The van der Waals surface area contributed by atoms with Crippen LogP contribution in [0, 0.1) is 6.92 Å². The molecule has 2 N–H and O–H groups in total. The second-order valence-electron chi connectivity index (χ2n) is 9.53. The lowest BCUT2D eigenvalue weighted by atomic mass is 10.1. The summed E-state index contributed by atoms with van der Waals surface area (Å²) in [6.45, 7) is 1.96. The van der Waals surface area contributed by atoms with Gasteiger partial charge in [0.05, 0.1) is 36.7 Å². The summed E-state index contributed by atoms with van der Waals surface area (Å²) in [4.78, 5) is 51.8. The molecule has 0 aliphatic heterocycles. The van der Waals surface area contributed by atoms with Crippen molar-refractivity contribution in [2.75, 3.05) is 19.5 Å². The molecule has 0 saturated carbocycles. The molecule has 0 unspecified atom stereocenters. The zero-order valence-electron chi connectivity index (χ0n) is 24.5. The number of hydrogen-bond acceptors (Lipinski definition) is 10. The summed E-state index contributed by atoms with van der Waals surface area (Å²) in [5.41, 5.74) is 2.36. The molecule has 12 heteroatoms. The molecule has 4 rings (SSSR count). The Labute approximate surface area is 258 Å². The van der Waals surface area contributed by atoms with Gasteiger partial charge in [-0.3, -0.25) is 4.79 Å². The third-order valence-electron chi connectivity index (χ3n) is 6.31. The number of methoxy groups -OCH3 is 2. The van der Waals surface area contributed by atoms with Crippen LogP contribution in [0.1, 0.15) is 26.3 Å². The Hall–Kier alpha value is -6.04. The molecule has 0 radical (unpaired) electrons. The van der Waals surface area contributed by atoms with Crippen molar-refractivity contribution in [2.24, 2.45) is 10.2 Å². The number of aryl methyl sites for hydroxylation is 1. The summed E-state index contributed by atoms with van der Waals surface area (Å²) in [7, 11) is 2.79. The molecule has 4 aromatic carbocycles. The molecule has 0 bridgehead atoms. The first-order chi connectivity index (χ1) is 21.7. The van der Waals surface area contributed by atoms with Crippen molar-refractivity contribution in [3.8, 4) is 11.5 Å². The molecular formula is C33H29N3O9. The summed E-state index contributed by atoms with van der Waals surface area (Å²) in [5, 5.41) is 20.8. The van der Waals surface area contributed by atoms with Crippen LogP contribution in [0.2, 0.25) is 0 Å². The molecule has 0 spiro atoms. The molecule has 0 saturated heterocycles. The fourth-order valence-corrected chi connectivity index (χ4v) is 3.91. The van der Waals surface area contributed by atoms with Crippen molar-refractivity contribution >= 4 is 40.9 Å². The van der Waals surface area contributed by atoms with Gasteiger partial charge in [-0.15, -0.1) is 0 Å². The van der Waals surface area contributed by atoms with Crippen molar-refractivity contribution in [3.63, 3.8) is 0 Å². The maximum atomic E-state index is 13.5. The van der Waals surface area contributed by atoms with Crippen LogP contribution in [0.15, 0.2) is 107 Å². The van der Waals surface area contributed by atoms with Gasteiger partial charge in [-0.2, -0.15) is 10.2 Å². The van der Waals surface area contributed by atoms with Crippen LogP contribution >= 0.6 is 0 Å². The van der Waals surface area contributed by atoms with Gasteiger partial charge in [-0.1, -0.05) is 29.8 Å². The highest BCUT2D eigenvalue weighted by Gasteiger charge is 2.41. The Kier molecular flexibility index (Phi) is 10.6. The highest BCUT2D eigenvalue weighted by molar-refractivity contribution is 6.01. The van der Waals surface area contributed by atoms with Gasteiger partial charge in [0.25, 0.3) is 5.91 Å². The van der Waals surface area contributed by atoms with Crippen molar-refractivity contribution in [1.29, 1.82) is 0 Å². The van der Waals surface area contributed by atoms with E-state index in [1.807, 2.05) is 31.2 Å². The Morgan fingerprint density at radius 2 is 1.13 bits per heavy atom. The molecule has 0 aromatic heterocycles. The van der Waals surface area contributed by atoms with Gasteiger partial charge in [0.2, 0.25) is 12.2 Å². The molecule has 1 amide bonds. The number of hydrogen-bond donors (Lipinski definition) is 2. The minimum absolute atomic E-state index is 0.0290. The summed E-state index contributed by atoms with van der Waals surface area (Å²) in [6.07, 6.45) is -4.32. The quantitative estimate of drug-likeness (QED) is 0.147. The van der Waals surface area contributed by atoms with Crippen LogP contribution in [0.25, 0.3) is 0 Å². The number of nitrogens with one attached hydrogen (secondary N) is 1. The number of ether oxygens (including phenoxy) is 4. The number of esters is 2. The van der Waals surface area contributed by atoms with E-state index in [2.05, 4.69) is 15.5 Å². The fraction of sp³-hybridized carbons (Fsp3) is 0.152. The first-order valence-electron chi connectivity index (χ1n) is 13.5. The monoisotopic (exact) mass is 611 g/mol.